The van der Waals surface area contributed by atoms with Crippen molar-refractivity contribution >= 4 is 40.0 Å². The van der Waals surface area contributed by atoms with E-state index in [0.717, 1.165) is 12.1 Å². The van der Waals surface area contributed by atoms with E-state index < -0.39 is 21.2 Å². The van der Waals surface area contributed by atoms with Crippen molar-refractivity contribution in [2.75, 3.05) is 5.32 Å². The minimum Gasteiger partial charge on any atom is -0.436 e. The highest BCUT2D eigenvalue weighted by Gasteiger charge is 2.24. The molecule has 130 valence electrons. The normalized spacial score (nSPS) is 11.3. The molecule has 10 nitrogen and oxygen atoms in total. The van der Waals surface area contributed by atoms with Gasteiger partial charge < -0.3 is 9.73 Å². The lowest BCUT2D eigenvalue weighted by molar-refractivity contribution is -0.422. The number of oxazole rings is 1. The number of para-hydroxylation sites is 2. The molecule has 0 atom stereocenters. The molecule has 0 saturated carbocycles. The Hall–Kier alpha value is -4.08. The number of carbonyl (C=O) groups excluding carboxylic acids is 1. The van der Waals surface area contributed by atoms with Gasteiger partial charge in [-0.3, -0.25) is 25.0 Å². The number of anilines is 1. The van der Waals surface area contributed by atoms with Gasteiger partial charge in [0.25, 0.3) is 0 Å². The Morgan fingerprint density at radius 2 is 1.81 bits per heavy atom. The quantitative estimate of drug-likeness (QED) is 0.307. The van der Waals surface area contributed by atoms with Crippen LogP contribution in [-0.4, -0.2) is 21.1 Å². The zero-order valence-corrected chi connectivity index (χ0v) is 13.0. The molecule has 1 heterocycles. The summed E-state index contributed by atoms with van der Waals surface area (Å²) in [7, 11) is 0. The average Bonchev–Trinajstić information content (AvgIpc) is 3.05. The predicted octanol–water partition coefficient (Wildman–Crippen LogP) is 3.30. The van der Waals surface area contributed by atoms with Crippen LogP contribution in [0.4, 0.5) is 17.1 Å². The van der Waals surface area contributed by atoms with Gasteiger partial charge in [0.1, 0.15) is 5.52 Å². The number of fused-ring (bicyclic) bond motifs is 1. The van der Waals surface area contributed by atoms with Gasteiger partial charge in [-0.05, 0) is 18.2 Å². The topological polar surface area (TPSA) is 141 Å². The van der Waals surface area contributed by atoms with Crippen LogP contribution in [0.1, 0.15) is 5.89 Å². The third-order valence-corrected chi connectivity index (χ3v) is 3.43. The largest absolute Gasteiger partial charge is 0.436 e. The average molecular weight is 354 g/mol. The summed E-state index contributed by atoms with van der Waals surface area (Å²) in [5.74, 6) is 0.0742. The second-order valence-corrected chi connectivity index (χ2v) is 5.07. The van der Waals surface area contributed by atoms with Crippen LogP contribution in [0, 0.1) is 20.2 Å². The molecule has 0 aliphatic carbocycles. The Kier molecular flexibility index (Phi) is 4.39. The Morgan fingerprint density at radius 3 is 2.46 bits per heavy atom. The Balaban J connectivity index is 1.91. The van der Waals surface area contributed by atoms with Gasteiger partial charge in [-0.25, -0.2) is 4.98 Å². The van der Waals surface area contributed by atoms with Crippen molar-refractivity contribution < 1.29 is 19.1 Å². The molecule has 10 heteroatoms. The van der Waals surface area contributed by atoms with Gasteiger partial charge in [0, 0.05) is 24.0 Å². The maximum atomic E-state index is 11.3. The minimum atomic E-state index is -0.853. The van der Waals surface area contributed by atoms with Crippen molar-refractivity contribution in [2.45, 2.75) is 0 Å². The minimum absolute atomic E-state index is 0.0715. The Bertz CT molecular complexity index is 1020. The molecule has 1 N–H and O–H groups in total. The molecular formula is C16H10N4O6. The zero-order valence-electron chi connectivity index (χ0n) is 13.0. The van der Waals surface area contributed by atoms with E-state index in [-0.39, 0.29) is 17.2 Å². The SMILES string of the molecule is O=C/C(=C\Nc1ccc([N+](=O)[O-])c([N+](=O)[O-])c1)c1nc2ccccc2o1. The third-order valence-electron chi connectivity index (χ3n) is 3.43. The number of benzene rings is 2. The van der Waals surface area contributed by atoms with E-state index in [0.29, 0.717) is 17.4 Å². The number of rotatable bonds is 6. The van der Waals surface area contributed by atoms with E-state index in [1.807, 2.05) is 0 Å². The summed E-state index contributed by atoms with van der Waals surface area (Å²) in [4.78, 5) is 35.6. The second-order valence-electron chi connectivity index (χ2n) is 5.07. The van der Waals surface area contributed by atoms with Gasteiger partial charge in [0.15, 0.2) is 11.9 Å². The van der Waals surface area contributed by atoms with E-state index >= 15 is 0 Å². The number of aldehydes is 1. The summed E-state index contributed by atoms with van der Waals surface area (Å²) in [6.07, 6.45) is 1.76. The van der Waals surface area contributed by atoms with Crippen LogP contribution < -0.4 is 5.32 Å². The van der Waals surface area contributed by atoms with Crippen molar-refractivity contribution in [2.24, 2.45) is 0 Å². The molecule has 3 aromatic rings. The number of carbonyl (C=O) groups is 1. The summed E-state index contributed by atoms with van der Waals surface area (Å²) in [6, 6.07) is 10.2. The molecular weight excluding hydrogens is 344 g/mol. The van der Waals surface area contributed by atoms with Gasteiger partial charge in [0.05, 0.1) is 15.4 Å². The standard InChI is InChI=1S/C16H10N4O6/c21-9-10(16-18-12-3-1-2-4-15(12)26-16)8-17-11-5-6-13(19(22)23)14(7-11)20(24)25/h1-9,17H/b10-8+. The molecule has 0 aliphatic heterocycles. The number of nitrogens with one attached hydrogen (secondary N) is 1. The lowest BCUT2D eigenvalue weighted by Gasteiger charge is -2.02. The van der Waals surface area contributed by atoms with Gasteiger partial charge in [-0.2, -0.15) is 0 Å². The Labute approximate surface area is 145 Å². The molecule has 0 aliphatic rings. The highest BCUT2D eigenvalue weighted by atomic mass is 16.6. The van der Waals surface area contributed by atoms with E-state index in [1.54, 1.807) is 24.3 Å². The number of nitrogens with zero attached hydrogens (tertiary/aromatic N) is 3. The summed E-state index contributed by atoms with van der Waals surface area (Å²) in [5.41, 5.74) is 0.0458. The summed E-state index contributed by atoms with van der Waals surface area (Å²) in [5, 5.41) is 24.5. The number of hydrogen-bond acceptors (Lipinski definition) is 8. The third kappa shape index (κ3) is 3.24. The zero-order chi connectivity index (χ0) is 18.7. The molecule has 0 fully saturated rings. The molecule has 1 aromatic heterocycles. The first-order chi connectivity index (χ1) is 12.5. The smallest absolute Gasteiger partial charge is 0.348 e. The van der Waals surface area contributed by atoms with Gasteiger partial charge in [-0.1, -0.05) is 12.1 Å². The van der Waals surface area contributed by atoms with Crippen molar-refractivity contribution in [3.8, 4) is 0 Å². The molecule has 3 rings (SSSR count). The van der Waals surface area contributed by atoms with Gasteiger partial charge in [-0.15, -0.1) is 0 Å². The maximum Gasteiger partial charge on any atom is 0.348 e. The monoisotopic (exact) mass is 354 g/mol. The molecule has 0 unspecified atom stereocenters. The fourth-order valence-electron chi connectivity index (χ4n) is 2.22. The first-order valence-electron chi connectivity index (χ1n) is 7.20. The number of nitro benzene ring substituents is 2. The Morgan fingerprint density at radius 1 is 1.08 bits per heavy atom. The highest BCUT2D eigenvalue weighted by Crippen LogP contribution is 2.30. The van der Waals surface area contributed by atoms with Crippen molar-refractivity contribution in [1.29, 1.82) is 0 Å². The molecule has 0 saturated heterocycles. The summed E-state index contributed by atoms with van der Waals surface area (Å²) < 4.78 is 5.47. The summed E-state index contributed by atoms with van der Waals surface area (Å²) >= 11 is 0. The number of hydrogen-bond donors (Lipinski definition) is 1. The predicted molar refractivity (Wildman–Crippen MR) is 91.4 cm³/mol. The van der Waals surface area contributed by atoms with E-state index in [2.05, 4.69) is 10.3 Å². The number of nitro groups is 2. The van der Waals surface area contributed by atoms with Crippen LogP contribution in [0.5, 0.6) is 0 Å². The van der Waals surface area contributed by atoms with E-state index in [1.165, 1.54) is 12.3 Å². The van der Waals surface area contributed by atoms with E-state index in [4.69, 9.17) is 4.42 Å². The fraction of sp³-hybridized carbons (Fsp3) is 0. The van der Waals surface area contributed by atoms with Crippen LogP contribution in [0.15, 0.2) is 53.1 Å². The van der Waals surface area contributed by atoms with Crippen LogP contribution >= 0.6 is 0 Å². The molecule has 2 aromatic carbocycles. The van der Waals surface area contributed by atoms with Crippen molar-refractivity contribution in [3.63, 3.8) is 0 Å². The number of aromatic nitrogens is 1. The van der Waals surface area contributed by atoms with Crippen LogP contribution in [0.2, 0.25) is 0 Å². The molecule has 0 bridgehead atoms. The van der Waals surface area contributed by atoms with Crippen molar-refractivity contribution in [3.05, 3.63) is 74.8 Å². The first kappa shape index (κ1) is 16.8. The molecule has 0 spiro atoms. The van der Waals surface area contributed by atoms with Crippen LogP contribution in [0.3, 0.4) is 0 Å². The molecule has 0 radical (unpaired) electrons. The molecule has 0 amide bonds. The van der Waals surface area contributed by atoms with Crippen molar-refractivity contribution in [1.82, 2.24) is 4.98 Å². The first-order valence-corrected chi connectivity index (χ1v) is 7.20. The lowest BCUT2D eigenvalue weighted by atomic mass is 10.2. The molecule has 26 heavy (non-hydrogen) atoms. The highest BCUT2D eigenvalue weighted by molar-refractivity contribution is 6.06. The van der Waals surface area contributed by atoms with Crippen LogP contribution in [-0.2, 0) is 4.79 Å². The van der Waals surface area contributed by atoms with Gasteiger partial charge in [0.2, 0.25) is 5.89 Å². The summed E-state index contributed by atoms with van der Waals surface area (Å²) in [6.45, 7) is 0. The maximum absolute atomic E-state index is 11.3. The van der Waals surface area contributed by atoms with Gasteiger partial charge >= 0.3 is 11.4 Å². The number of allylic oxidation sites excluding steroid dienone is 1. The van der Waals surface area contributed by atoms with Crippen LogP contribution in [0.25, 0.3) is 16.7 Å². The fourth-order valence-corrected chi connectivity index (χ4v) is 2.22. The second kappa shape index (κ2) is 6.81. The van der Waals surface area contributed by atoms with E-state index in [9.17, 15) is 25.0 Å². The lowest BCUT2D eigenvalue weighted by Crippen LogP contribution is -1.99.